The molecule has 3 aromatic heterocycles. The van der Waals surface area contributed by atoms with Crippen LogP contribution in [-0.2, 0) is 18.7 Å². The average Bonchev–Trinajstić information content (AvgIpc) is 3.83. The van der Waals surface area contributed by atoms with Gasteiger partial charge in [-0.15, -0.1) is 11.3 Å². The minimum Gasteiger partial charge on any atom is -0.490 e. The van der Waals surface area contributed by atoms with Gasteiger partial charge < -0.3 is 25.8 Å². The molecule has 0 spiro atoms. The van der Waals surface area contributed by atoms with Crippen LogP contribution in [-0.4, -0.2) is 72.6 Å². The first-order chi connectivity index (χ1) is 25.7. The highest BCUT2D eigenvalue weighted by Crippen LogP contribution is 2.39. The van der Waals surface area contributed by atoms with Gasteiger partial charge in [0.15, 0.2) is 5.82 Å². The number of anilines is 3. The van der Waals surface area contributed by atoms with E-state index in [1.807, 2.05) is 49.4 Å². The van der Waals surface area contributed by atoms with Gasteiger partial charge >= 0.3 is 0 Å². The second-order valence-electron chi connectivity index (χ2n) is 13.5. The smallest absolute Gasteiger partial charge is 0.298 e. The minimum absolute atomic E-state index is 0.0110. The first-order valence-corrected chi connectivity index (χ1v) is 18.4. The molecule has 6 aromatic rings. The second-order valence-corrected chi connectivity index (χ2v) is 14.7. The Morgan fingerprint density at radius 3 is 2.62 bits per heavy atom. The van der Waals surface area contributed by atoms with Gasteiger partial charge in [-0.1, -0.05) is 24.3 Å². The first-order valence-electron chi connectivity index (χ1n) is 17.6. The number of ether oxygens (including phenoxy) is 1. The molecule has 5 heterocycles. The molecule has 0 amide bonds. The van der Waals surface area contributed by atoms with E-state index in [0.717, 1.165) is 47.0 Å². The van der Waals surface area contributed by atoms with Gasteiger partial charge in [-0.25, -0.2) is 23.4 Å². The third kappa shape index (κ3) is 6.76. The van der Waals surface area contributed by atoms with Crippen molar-refractivity contribution < 1.29 is 18.6 Å². The maximum Gasteiger partial charge on any atom is 0.298 e. The Bertz CT molecular complexity index is 2290. The van der Waals surface area contributed by atoms with Crippen LogP contribution < -0.4 is 26.2 Å². The molecule has 1 fully saturated rings. The number of piperidine rings is 1. The van der Waals surface area contributed by atoms with Crippen LogP contribution in [0.2, 0.25) is 0 Å². The number of para-hydroxylation sites is 1. The van der Waals surface area contributed by atoms with Crippen LogP contribution in [0.5, 0.6) is 5.75 Å². The van der Waals surface area contributed by atoms with E-state index in [1.54, 1.807) is 4.57 Å². The number of nitrogens with two attached hydrogens (primary N) is 1. The second kappa shape index (κ2) is 14.3. The summed E-state index contributed by atoms with van der Waals surface area (Å²) < 4.78 is 38.0. The van der Waals surface area contributed by atoms with Crippen LogP contribution in [0, 0.1) is 11.6 Å². The molecule has 3 aromatic carbocycles. The van der Waals surface area contributed by atoms with E-state index >= 15 is 4.39 Å². The number of nitrogens with zero attached hydrogens (tertiary/aromatic N) is 7. The molecule has 2 atom stereocenters. The highest BCUT2D eigenvalue weighted by molar-refractivity contribution is 7.18. The molecule has 274 valence electrons. The van der Waals surface area contributed by atoms with E-state index in [-0.39, 0.29) is 29.5 Å². The van der Waals surface area contributed by atoms with E-state index < -0.39 is 23.3 Å². The lowest BCUT2D eigenvalue weighted by Crippen LogP contribution is -2.55. The Hall–Kier alpha value is -5.22. The van der Waals surface area contributed by atoms with Gasteiger partial charge in [-0.2, -0.15) is 5.10 Å². The zero-order valence-electron chi connectivity index (χ0n) is 29.0. The predicted molar refractivity (Wildman–Crippen MR) is 200 cm³/mol. The number of hydrogen-bond acceptors (Lipinski definition) is 11. The molecule has 0 saturated carbocycles. The monoisotopic (exact) mass is 739 g/mol. The number of fused-ring (bicyclic) bond motifs is 2. The van der Waals surface area contributed by atoms with Crippen molar-refractivity contribution in [2.45, 2.75) is 50.5 Å². The summed E-state index contributed by atoms with van der Waals surface area (Å²) in [7, 11) is 0. The highest BCUT2D eigenvalue weighted by Gasteiger charge is 2.42. The van der Waals surface area contributed by atoms with Crippen LogP contribution in [0.4, 0.5) is 26.0 Å². The number of halogens is 2. The summed E-state index contributed by atoms with van der Waals surface area (Å²) >= 11 is 1.49. The lowest BCUT2D eigenvalue weighted by atomic mass is 9.84. The number of aromatic nitrogens is 5. The molecule has 4 N–H and O–H groups in total. The fraction of sp³-hybridized carbons (Fsp3) is 0.316. The number of likely N-dealkylation sites (tertiary alicyclic amines) is 1. The number of benzene rings is 3. The zero-order chi connectivity index (χ0) is 36.7. The Morgan fingerprint density at radius 1 is 1.06 bits per heavy atom. The van der Waals surface area contributed by atoms with Crippen LogP contribution in [0.25, 0.3) is 16.0 Å². The summed E-state index contributed by atoms with van der Waals surface area (Å²) in [5.74, 6) is -0.846. The average molecular weight is 740 g/mol. The van der Waals surface area contributed by atoms with Crippen molar-refractivity contribution in [1.82, 2.24) is 34.5 Å². The molecular formula is C38H39F2N9O3S. The molecular weight excluding hydrogens is 701 g/mol. The molecule has 2 aliphatic rings. The molecule has 0 radical (unpaired) electrons. The van der Waals surface area contributed by atoms with Gasteiger partial charge in [0.2, 0.25) is 0 Å². The molecule has 2 aliphatic heterocycles. The zero-order valence-corrected chi connectivity index (χ0v) is 29.8. The third-order valence-corrected chi connectivity index (χ3v) is 11.4. The summed E-state index contributed by atoms with van der Waals surface area (Å²) in [5.41, 5.74) is 7.36. The lowest BCUT2D eigenvalue weighted by molar-refractivity contribution is -0.0697. The Labute approximate surface area is 308 Å². The van der Waals surface area contributed by atoms with Crippen molar-refractivity contribution in [3.63, 3.8) is 0 Å². The van der Waals surface area contributed by atoms with Crippen LogP contribution >= 0.6 is 11.3 Å². The van der Waals surface area contributed by atoms with E-state index in [1.165, 1.54) is 34.7 Å². The molecule has 15 heteroatoms. The molecule has 0 unspecified atom stereocenters. The third-order valence-electron chi connectivity index (χ3n) is 10.4. The quantitative estimate of drug-likeness (QED) is 0.177. The topological polar surface area (TPSA) is 140 Å². The summed E-state index contributed by atoms with van der Waals surface area (Å²) in [5, 5.41) is 19.8. The Morgan fingerprint density at radius 2 is 1.87 bits per heavy atom. The standard InChI is InChI=1S/C38H39F2N9O3S/c1-24(38(51,21-47-23-42-22-44-47)30-9-7-25(39)17-31(30)40)46-13-11-26(12-14-46)43-20-29-19-33-36(53-29)45-35(41)37(50)49(33)28-8-10-34-32(18-28)48(15-16-52-34)27-5-3-2-4-6-27/h2-10,17-19,22-24,26,43,51H,11-16,20-21H2,1H3,(H2,41,45)/t24-,38+/m0/s1. The lowest BCUT2D eigenvalue weighted by Gasteiger charge is -2.44. The van der Waals surface area contributed by atoms with Gasteiger partial charge in [0, 0.05) is 53.9 Å². The molecule has 12 nitrogen and oxygen atoms in total. The van der Waals surface area contributed by atoms with Gasteiger partial charge in [0.05, 0.1) is 30.0 Å². The fourth-order valence-electron chi connectivity index (χ4n) is 7.49. The number of nitrogen functional groups attached to an aromatic ring is 1. The predicted octanol–water partition coefficient (Wildman–Crippen LogP) is 4.96. The largest absolute Gasteiger partial charge is 0.490 e. The van der Waals surface area contributed by atoms with Crippen LogP contribution in [0.1, 0.15) is 30.2 Å². The van der Waals surface area contributed by atoms with Gasteiger partial charge in [-0.05, 0) is 62.2 Å². The maximum atomic E-state index is 15.1. The fourth-order valence-corrected chi connectivity index (χ4v) is 8.46. The van der Waals surface area contributed by atoms with Crippen LogP contribution in [0.15, 0.2) is 90.2 Å². The highest BCUT2D eigenvalue weighted by atomic mass is 32.1. The summed E-state index contributed by atoms with van der Waals surface area (Å²) in [4.78, 5) is 27.9. The van der Waals surface area contributed by atoms with E-state index in [2.05, 4.69) is 42.3 Å². The summed E-state index contributed by atoms with van der Waals surface area (Å²) in [6, 6.07) is 20.7. The minimum atomic E-state index is -1.70. The normalized spacial score (nSPS) is 17.0. The number of rotatable bonds is 10. The molecule has 53 heavy (non-hydrogen) atoms. The Kier molecular flexibility index (Phi) is 9.41. The van der Waals surface area contributed by atoms with Crippen molar-refractivity contribution in [2.24, 2.45) is 0 Å². The maximum absolute atomic E-state index is 15.1. The molecule has 8 rings (SSSR count). The number of nitrogens with one attached hydrogen (secondary N) is 1. The van der Waals surface area contributed by atoms with Crippen molar-refractivity contribution in [3.8, 4) is 11.4 Å². The number of thiophene rings is 1. The van der Waals surface area contributed by atoms with Crippen LogP contribution in [0.3, 0.4) is 0 Å². The SMILES string of the molecule is C[C@H](N1CCC(NCc2cc3c(nc(N)c(=O)n3-c3ccc4c(c3)N(c3ccccc3)CCO4)s2)CC1)[C@](O)(Cn1cncn1)c1ccc(F)cc1F. The van der Waals surface area contributed by atoms with E-state index in [4.69, 9.17) is 10.5 Å². The molecule has 0 aliphatic carbocycles. The van der Waals surface area contributed by atoms with E-state index in [0.29, 0.717) is 48.8 Å². The number of aliphatic hydroxyl groups is 1. The van der Waals surface area contributed by atoms with Crippen molar-refractivity contribution in [2.75, 3.05) is 36.9 Å². The summed E-state index contributed by atoms with van der Waals surface area (Å²) in [6.07, 6.45) is 4.39. The first kappa shape index (κ1) is 34.8. The van der Waals surface area contributed by atoms with E-state index in [9.17, 15) is 14.3 Å². The summed E-state index contributed by atoms with van der Waals surface area (Å²) in [6.45, 7) is 4.89. The van der Waals surface area contributed by atoms with Crippen molar-refractivity contribution in [3.05, 3.63) is 118 Å². The van der Waals surface area contributed by atoms with Gasteiger partial charge in [-0.3, -0.25) is 14.3 Å². The van der Waals surface area contributed by atoms with Gasteiger partial charge in [0.1, 0.15) is 47.1 Å². The van der Waals surface area contributed by atoms with Crippen molar-refractivity contribution in [1.29, 1.82) is 0 Å². The molecule has 0 bridgehead atoms. The van der Waals surface area contributed by atoms with Gasteiger partial charge in [0.25, 0.3) is 5.56 Å². The Balaban J connectivity index is 0.982. The number of hydrogen-bond donors (Lipinski definition) is 3. The molecule has 1 saturated heterocycles. The van der Waals surface area contributed by atoms with Crippen molar-refractivity contribution >= 4 is 38.9 Å².